The maximum atomic E-state index is 14.8. The molecule has 1 amide bonds. The molecule has 43 heavy (non-hydrogen) atoms. The number of rotatable bonds is 7. The van der Waals surface area contributed by atoms with Crippen LogP contribution in [0.2, 0.25) is 0 Å². The van der Waals surface area contributed by atoms with Crippen molar-refractivity contribution in [2.45, 2.75) is 51.7 Å². The number of nitrogens with two attached hydrogens (primary N) is 3. The van der Waals surface area contributed by atoms with Gasteiger partial charge in [-0.05, 0) is 50.5 Å². The number of nitrogens with one attached hydrogen (secondary N) is 1. The third-order valence-electron chi connectivity index (χ3n) is 7.29. The number of imidazole rings is 1. The van der Waals surface area contributed by atoms with Gasteiger partial charge in [-0.15, -0.1) is 0 Å². The van der Waals surface area contributed by atoms with E-state index in [1.165, 1.54) is 13.2 Å². The number of amides is 1. The minimum Gasteiger partial charge on any atom is -0.491 e. The van der Waals surface area contributed by atoms with Gasteiger partial charge in [0.25, 0.3) is 0 Å². The number of nitrogens with zero attached hydrogens (tertiary/aromatic N) is 3. The molecule has 1 aliphatic rings. The number of hydrogen-bond acceptors (Lipinski definition) is 8. The molecule has 8 N–H and O–H groups in total. The summed E-state index contributed by atoms with van der Waals surface area (Å²) in [6.45, 7) is 3.47. The minimum atomic E-state index is -0.892. The molecular formula is C30H38FN7O5. The van der Waals surface area contributed by atoms with Gasteiger partial charge in [0.2, 0.25) is 0 Å². The molecule has 3 aromatic heterocycles. The normalized spacial score (nSPS) is 15.3. The maximum Gasteiger partial charge on any atom is 0.404 e. The van der Waals surface area contributed by atoms with E-state index in [1.54, 1.807) is 43.8 Å². The number of ether oxygens (including phenoxy) is 2. The van der Waals surface area contributed by atoms with Gasteiger partial charge in [-0.1, -0.05) is 25.0 Å². The molecule has 1 aliphatic carbocycles. The van der Waals surface area contributed by atoms with Gasteiger partial charge < -0.3 is 36.8 Å². The van der Waals surface area contributed by atoms with Gasteiger partial charge in [0, 0.05) is 24.4 Å². The number of hydrogen-bond donors (Lipinski definition) is 5. The van der Waals surface area contributed by atoms with Crippen molar-refractivity contribution in [3.05, 3.63) is 64.4 Å². The monoisotopic (exact) mass is 595 g/mol. The van der Waals surface area contributed by atoms with Crippen LogP contribution in [0, 0.1) is 0 Å². The molecule has 12 nitrogen and oxygen atoms in total. The average molecular weight is 596 g/mol. The molecule has 0 unspecified atom stereocenters. The quantitative estimate of drug-likeness (QED) is 0.157. The lowest BCUT2D eigenvalue weighted by atomic mass is 9.97. The van der Waals surface area contributed by atoms with Crippen LogP contribution >= 0.6 is 0 Å². The maximum absolute atomic E-state index is 14.8. The van der Waals surface area contributed by atoms with Crippen molar-refractivity contribution in [2.75, 3.05) is 13.7 Å². The van der Waals surface area contributed by atoms with E-state index in [4.69, 9.17) is 16.2 Å². The lowest BCUT2D eigenvalue weighted by Gasteiger charge is -2.13. The molecule has 13 heteroatoms. The summed E-state index contributed by atoms with van der Waals surface area (Å²) >= 11 is 0. The first kappa shape index (κ1) is 31.2. The SMILES string of the molecule is C/C(N)=C/C(=C(\N)F)c1[nH]c2ncc3c(c2c1-c1ccc(OC[C@@H](C)O)cc1)n(C1CCCC1)c(=O)n3C.COC(N)=O. The van der Waals surface area contributed by atoms with E-state index in [9.17, 15) is 19.1 Å². The summed E-state index contributed by atoms with van der Waals surface area (Å²) in [7, 11) is 2.97. The molecule has 1 saturated carbocycles. The van der Waals surface area contributed by atoms with Crippen molar-refractivity contribution >= 4 is 33.7 Å². The molecule has 0 radical (unpaired) electrons. The molecule has 1 aromatic carbocycles. The molecule has 230 valence electrons. The van der Waals surface area contributed by atoms with E-state index in [-0.39, 0.29) is 23.9 Å². The van der Waals surface area contributed by atoms with E-state index in [2.05, 4.69) is 20.4 Å². The summed E-state index contributed by atoms with van der Waals surface area (Å²) < 4.78 is 27.8. The Hall–Kier alpha value is -4.78. The Morgan fingerprint density at radius 1 is 1.23 bits per heavy atom. The zero-order valence-corrected chi connectivity index (χ0v) is 24.7. The number of fused-ring (bicyclic) bond motifs is 3. The molecule has 1 fully saturated rings. The van der Waals surface area contributed by atoms with Crippen LogP contribution in [-0.2, 0) is 11.8 Å². The van der Waals surface area contributed by atoms with Crippen molar-refractivity contribution < 1.29 is 23.8 Å². The number of carbonyl (C=O) groups is 1. The molecule has 0 saturated heterocycles. The number of pyridine rings is 1. The predicted molar refractivity (Wildman–Crippen MR) is 164 cm³/mol. The molecule has 3 heterocycles. The van der Waals surface area contributed by atoms with E-state index < -0.39 is 18.1 Å². The van der Waals surface area contributed by atoms with Gasteiger partial charge in [0.05, 0.1) is 47.1 Å². The highest BCUT2D eigenvalue weighted by molar-refractivity contribution is 6.13. The summed E-state index contributed by atoms with van der Waals surface area (Å²) in [5, 5.41) is 10.3. The first-order valence-corrected chi connectivity index (χ1v) is 13.9. The third kappa shape index (κ3) is 6.51. The van der Waals surface area contributed by atoms with Gasteiger partial charge in [0.15, 0.2) is 5.95 Å². The molecular weight excluding hydrogens is 557 g/mol. The lowest BCUT2D eigenvalue weighted by Crippen LogP contribution is -2.24. The molecule has 0 bridgehead atoms. The Balaban J connectivity index is 0.000000782. The van der Waals surface area contributed by atoms with Crippen molar-refractivity contribution in [3.8, 4) is 16.9 Å². The summed E-state index contributed by atoms with van der Waals surface area (Å²) in [4.78, 5) is 30.7. The predicted octanol–water partition coefficient (Wildman–Crippen LogP) is 3.93. The zero-order chi connectivity index (χ0) is 31.4. The smallest absolute Gasteiger partial charge is 0.404 e. The highest BCUT2D eigenvalue weighted by Gasteiger charge is 2.28. The number of H-pyrrole nitrogens is 1. The molecule has 1 atom stereocenters. The standard InChI is InChI=1S/C28H33FN6O3.C2H5NO2/c1-15(30)12-20(26(29)31)24-22(17-8-10-19(11-9-17)38-14-16(2)36)23-25-21(13-32-27(23)33-24)34(3)28(37)35(25)18-6-4-5-7-18;1-5-2(3)4/h8-13,16,18,36H,4-7,14,30-31H2,1-3H3,(H,32,33);1H3,(H2,3,4)/b15-12-,26-20+;/t16-;/m1./s1. The molecule has 0 spiro atoms. The fourth-order valence-corrected chi connectivity index (χ4v) is 5.39. The molecule has 4 aromatic rings. The van der Waals surface area contributed by atoms with Crippen LogP contribution in [0.5, 0.6) is 5.75 Å². The zero-order valence-electron chi connectivity index (χ0n) is 24.7. The van der Waals surface area contributed by atoms with Gasteiger partial charge in [-0.2, -0.15) is 4.39 Å². The van der Waals surface area contributed by atoms with Crippen molar-refractivity contribution in [3.63, 3.8) is 0 Å². The highest BCUT2D eigenvalue weighted by atomic mass is 19.1. The second kappa shape index (κ2) is 13.0. The van der Waals surface area contributed by atoms with E-state index >= 15 is 0 Å². The topological polar surface area (TPSA) is 189 Å². The largest absolute Gasteiger partial charge is 0.491 e. The van der Waals surface area contributed by atoms with Crippen LogP contribution in [0.25, 0.3) is 38.8 Å². The first-order chi connectivity index (χ1) is 20.4. The fraction of sp³-hybridized carbons (Fsp3) is 0.367. The summed E-state index contributed by atoms with van der Waals surface area (Å²) in [6.07, 6.45) is 5.77. The first-order valence-electron chi connectivity index (χ1n) is 13.9. The Kier molecular flexibility index (Phi) is 9.44. The van der Waals surface area contributed by atoms with Crippen LogP contribution in [0.1, 0.15) is 51.3 Å². The summed E-state index contributed by atoms with van der Waals surface area (Å²) in [5.41, 5.74) is 20.3. The minimum absolute atomic E-state index is 0.0756. The number of allylic oxidation sites excluding steroid dienone is 3. The number of aromatic amines is 1. The van der Waals surface area contributed by atoms with Gasteiger partial charge in [0.1, 0.15) is 18.0 Å². The van der Waals surface area contributed by atoms with Crippen molar-refractivity contribution in [1.82, 2.24) is 19.1 Å². The Morgan fingerprint density at radius 3 is 2.40 bits per heavy atom. The summed E-state index contributed by atoms with van der Waals surface area (Å²) in [5.74, 6) is -0.308. The van der Waals surface area contributed by atoms with Crippen LogP contribution < -0.4 is 27.6 Å². The van der Waals surface area contributed by atoms with Gasteiger partial charge in [-0.3, -0.25) is 9.13 Å². The van der Waals surface area contributed by atoms with Gasteiger partial charge >= 0.3 is 11.8 Å². The van der Waals surface area contributed by atoms with Crippen molar-refractivity contribution in [1.29, 1.82) is 0 Å². The number of aromatic nitrogens is 4. The Bertz CT molecular complexity index is 1730. The van der Waals surface area contributed by atoms with E-state index in [1.807, 2.05) is 16.7 Å². The van der Waals surface area contributed by atoms with Crippen LogP contribution in [-0.4, -0.2) is 50.1 Å². The van der Waals surface area contributed by atoms with E-state index in [0.29, 0.717) is 39.3 Å². The number of primary amides is 1. The lowest BCUT2D eigenvalue weighted by molar-refractivity contribution is 0.123. The number of aliphatic hydroxyl groups excluding tert-OH is 1. The summed E-state index contributed by atoms with van der Waals surface area (Å²) in [6, 6.07) is 7.36. The Labute approximate surface area is 247 Å². The average Bonchev–Trinajstić information content (AvgIpc) is 3.68. The molecule has 0 aliphatic heterocycles. The number of carbonyl (C=O) groups excluding carboxylic acids is 1. The number of benzene rings is 1. The number of methoxy groups -OCH3 is 1. The number of aliphatic hydroxyl groups is 1. The third-order valence-corrected chi connectivity index (χ3v) is 7.29. The fourth-order valence-electron chi connectivity index (χ4n) is 5.39. The van der Waals surface area contributed by atoms with Crippen molar-refractivity contribution in [2.24, 2.45) is 24.2 Å². The Morgan fingerprint density at radius 2 is 1.86 bits per heavy atom. The second-order valence-corrected chi connectivity index (χ2v) is 10.6. The van der Waals surface area contributed by atoms with Crippen LogP contribution in [0.4, 0.5) is 9.18 Å². The van der Waals surface area contributed by atoms with E-state index in [0.717, 1.165) is 36.8 Å². The number of aryl methyl sites for hydroxylation is 1. The number of halogens is 1. The molecule has 5 rings (SSSR count). The van der Waals surface area contributed by atoms with Gasteiger partial charge in [-0.25, -0.2) is 14.6 Å². The van der Waals surface area contributed by atoms with Crippen LogP contribution in [0.3, 0.4) is 0 Å². The highest BCUT2D eigenvalue weighted by Crippen LogP contribution is 2.42. The van der Waals surface area contributed by atoms with Crippen LogP contribution in [0.15, 0.2) is 53.0 Å². The second-order valence-electron chi connectivity index (χ2n) is 10.6.